The molecule has 1 aliphatic rings. The summed E-state index contributed by atoms with van der Waals surface area (Å²) < 4.78 is 42.6. The molecule has 0 saturated carbocycles. The predicted molar refractivity (Wildman–Crippen MR) is 118 cm³/mol. The summed E-state index contributed by atoms with van der Waals surface area (Å²) in [6, 6.07) is 8.22. The molecule has 2 aromatic rings. The quantitative estimate of drug-likeness (QED) is 0.650. The lowest BCUT2D eigenvalue weighted by molar-refractivity contribution is 0.0751. The number of halogens is 1. The zero-order chi connectivity index (χ0) is 22.6. The molecule has 1 saturated heterocycles. The molecule has 0 atom stereocenters. The molecule has 3 rings (SSSR count). The van der Waals surface area contributed by atoms with E-state index in [2.05, 4.69) is 4.90 Å². The monoisotopic (exact) mass is 450 g/mol. The Morgan fingerprint density at radius 3 is 2.48 bits per heavy atom. The van der Waals surface area contributed by atoms with Crippen molar-refractivity contribution in [3.63, 3.8) is 0 Å². The van der Waals surface area contributed by atoms with Gasteiger partial charge in [-0.25, -0.2) is 12.8 Å². The molecule has 0 radical (unpaired) electrons. The number of carbonyl (C=O) groups excluding carboxylic acids is 1. The summed E-state index contributed by atoms with van der Waals surface area (Å²) in [5, 5.41) is 0. The maximum absolute atomic E-state index is 14.0. The molecule has 1 aromatic carbocycles. The van der Waals surface area contributed by atoms with Gasteiger partial charge in [0.25, 0.3) is 5.91 Å². The molecule has 0 spiro atoms. The molecule has 0 aliphatic carbocycles. The molecule has 1 amide bonds. The Morgan fingerprint density at radius 2 is 1.81 bits per heavy atom. The van der Waals surface area contributed by atoms with E-state index in [0.717, 1.165) is 13.0 Å². The summed E-state index contributed by atoms with van der Waals surface area (Å²) >= 11 is 0. The number of sulfonamides is 1. The van der Waals surface area contributed by atoms with Gasteiger partial charge in [0.1, 0.15) is 16.4 Å². The van der Waals surface area contributed by atoms with E-state index in [0.29, 0.717) is 50.5 Å². The van der Waals surface area contributed by atoms with Crippen LogP contribution in [0.4, 0.5) is 4.39 Å². The van der Waals surface area contributed by atoms with Crippen molar-refractivity contribution in [1.29, 1.82) is 0 Å². The van der Waals surface area contributed by atoms with Crippen molar-refractivity contribution >= 4 is 15.9 Å². The Bertz CT molecular complexity index is 1020. The van der Waals surface area contributed by atoms with Crippen molar-refractivity contribution in [2.75, 3.05) is 39.3 Å². The first-order valence-corrected chi connectivity index (χ1v) is 12.1. The Morgan fingerprint density at radius 1 is 1.10 bits per heavy atom. The number of aryl methyl sites for hydroxylation is 1. The highest BCUT2D eigenvalue weighted by molar-refractivity contribution is 7.89. The summed E-state index contributed by atoms with van der Waals surface area (Å²) in [6.07, 6.45) is 2.28. The van der Waals surface area contributed by atoms with E-state index >= 15 is 0 Å². The lowest BCUT2D eigenvalue weighted by Crippen LogP contribution is -2.36. The second kappa shape index (κ2) is 9.93. The molecule has 7 nitrogen and oxygen atoms in total. The normalized spacial score (nSPS) is 16.0. The molecule has 1 aliphatic heterocycles. The van der Waals surface area contributed by atoms with E-state index in [-0.39, 0.29) is 16.6 Å². The highest BCUT2D eigenvalue weighted by Gasteiger charge is 2.28. The molecular formula is C22H31FN4O3S. The van der Waals surface area contributed by atoms with Gasteiger partial charge in [-0.2, -0.15) is 4.31 Å². The minimum Gasteiger partial charge on any atom is -0.345 e. The average molecular weight is 451 g/mol. The number of rotatable bonds is 7. The van der Waals surface area contributed by atoms with Gasteiger partial charge in [-0.3, -0.25) is 9.69 Å². The van der Waals surface area contributed by atoms with Crippen LogP contribution in [0.15, 0.2) is 41.4 Å². The molecule has 0 unspecified atom stereocenters. The van der Waals surface area contributed by atoms with E-state index in [9.17, 15) is 17.6 Å². The second-order valence-electron chi connectivity index (χ2n) is 7.77. The Labute approximate surface area is 184 Å². The van der Waals surface area contributed by atoms with Crippen LogP contribution >= 0.6 is 0 Å². The molecule has 0 bridgehead atoms. The summed E-state index contributed by atoms with van der Waals surface area (Å²) in [7, 11) is -1.93. The zero-order valence-corrected chi connectivity index (χ0v) is 19.2. The molecule has 31 heavy (non-hydrogen) atoms. The standard InChI is InChI=1S/C22H31FN4O3S/c1-4-27(5-2)31(29,30)19-15-21(24(3)17-19)22(28)26-12-8-11-25(13-14-26)16-18-9-6-7-10-20(18)23/h6-7,9-10,15,17H,4-5,8,11-14,16H2,1-3H3. The van der Waals surface area contributed by atoms with Crippen LogP contribution < -0.4 is 0 Å². The minimum atomic E-state index is -3.62. The maximum atomic E-state index is 14.0. The third-order valence-corrected chi connectivity index (χ3v) is 7.78. The molecule has 1 aromatic heterocycles. The maximum Gasteiger partial charge on any atom is 0.270 e. The van der Waals surface area contributed by atoms with Gasteiger partial charge in [-0.15, -0.1) is 0 Å². The van der Waals surface area contributed by atoms with Crippen molar-refractivity contribution in [2.45, 2.75) is 31.7 Å². The zero-order valence-electron chi connectivity index (χ0n) is 18.4. The minimum absolute atomic E-state index is 0.137. The smallest absolute Gasteiger partial charge is 0.270 e. The van der Waals surface area contributed by atoms with Crippen molar-refractivity contribution in [1.82, 2.24) is 18.7 Å². The Kier molecular flexibility index (Phi) is 7.51. The lowest BCUT2D eigenvalue weighted by Gasteiger charge is -2.22. The van der Waals surface area contributed by atoms with Crippen molar-refractivity contribution in [3.05, 3.63) is 53.6 Å². The van der Waals surface area contributed by atoms with Crippen molar-refractivity contribution in [3.8, 4) is 0 Å². The van der Waals surface area contributed by atoms with Gasteiger partial charge in [0.05, 0.1) is 0 Å². The number of hydrogen-bond acceptors (Lipinski definition) is 4. The number of carbonyl (C=O) groups is 1. The van der Waals surface area contributed by atoms with Crippen LogP contribution in [0.3, 0.4) is 0 Å². The summed E-state index contributed by atoms with van der Waals surface area (Å²) in [4.78, 5) is 17.2. The highest BCUT2D eigenvalue weighted by Crippen LogP contribution is 2.20. The first-order valence-electron chi connectivity index (χ1n) is 10.7. The second-order valence-corrected chi connectivity index (χ2v) is 9.71. The fraction of sp³-hybridized carbons (Fsp3) is 0.500. The van der Waals surface area contributed by atoms with Gasteiger partial charge in [0.15, 0.2) is 0 Å². The van der Waals surface area contributed by atoms with Gasteiger partial charge in [0, 0.05) is 64.6 Å². The molecule has 9 heteroatoms. The van der Waals surface area contributed by atoms with Crippen molar-refractivity contribution < 1.29 is 17.6 Å². The molecule has 1 fully saturated rings. The van der Waals surface area contributed by atoms with E-state index < -0.39 is 10.0 Å². The lowest BCUT2D eigenvalue weighted by atomic mass is 10.2. The Hall–Kier alpha value is -2.23. The van der Waals surface area contributed by atoms with E-state index in [1.54, 1.807) is 42.5 Å². The van der Waals surface area contributed by atoms with E-state index in [4.69, 9.17) is 0 Å². The first-order chi connectivity index (χ1) is 14.8. The largest absolute Gasteiger partial charge is 0.345 e. The topological polar surface area (TPSA) is 65.9 Å². The van der Waals surface area contributed by atoms with E-state index in [1.165, 1.54) is 22.6 Å². The van der Waals surface area contributed by atoms with Gasteiger partial charge in [-0.1, -0.05) is 32.0 Å². The number of aromatic nitrogens is 1. The summed E-state index contributed by atoms with van der Waals surface area (Å²) in [5.41, 5.74) is 1.00. The molecule has 2 heterocycles. The van der Waals surface area contributed by atoms with Gasteiger partial charge < -0.3 is 9.47 Å². The van der Waals surface area contributed by atoms with Crippen LogP contribution in [0.25, 0.3) is 0 Å². The Balaban J connectivity index is 1.71. The number of amides is 1. The van der Waals surface area contributed by atoms with E-state index in [1.807, 2.05) is 6.07 Å². The van der Waals surface area contributed by atoms with Crippen molar-refractivity contribution in [2.24, 2.45) is 7.05 Å². The van der Waals surface area contributed by atoms with Crippen LogP contribution in [-0.2, 0) is 23.6 Å². The summed E-state index contributed by atoms with van der Waals surface area (Å²) in [6.45, 7) is 7.34. The fourth-order valence-electron chi connectivity index (χ4n) is 3.96. The predicted octanol–water partition coefficient (Wildman–Crippen LogP) is 2.54. The van der Waals surface area contributed by atoms with Gasteiger partial charge in [-0.05, 0) is 18.6 Å². The van der Waals surface area contributed by atoms with Gasteiger partial charge in [0.2, 0.25) is 10.0 Å². The third kappa shape index (κ3) is 5.16. The number of benzene rings is 1. The molecule has 170 valence electrons. The van der Waals surface area contributed by atoms with Crippen LogP contribution in [0.1, 0.15) is 36.3 Å². The SMILES string of the molecule is CCN(CC)S(=O)(=O)c1cc(C(=O)N2CCCN(Cc3ccccc3F)CC2)n(C)c1. The average Bonchev–Trinajstić information content (AvgIpc) is 2.99. The summed E-state index contributed by atoms with van der Waals surface area (Å²) in [5.74, 6) is -0.401. The third-order valence-electron chi connectivity index (χ3n) is 5.77. The highest BCUT2D eigenvalue weighted by atomic mass is 32.2. The number of nitrogens with zero attached hydrogens (tertiary/aromatic N) is 4. The number of hydrogen-bond donors (Lipinski definition) is 0. The van der Waals surface area contributed by atoms with Crippen LogP contribution in [0.5, 0.6) is 0 Å². The van der Waals surface area contributed by atoms with Crippen LogP contribution in [-0.4, -0.2) is 72.3 Å². The first kappa shape index (κ1) is 23.4. The molecule has 0 N–H and O–H groups in total. The van der Waals surface area contributed by atoms with Crippen LogP contribution in [0.2, 0.25) is 0 Å². The molecular weight excluding hydrogens is 419 g/mol. The van der Waals surface area contributed by atoms with Gasteiger partial charge >= 0.3 is 0 Å². The van der Waals surface area contributed by atoms with Crippen LogP contribution in [0, 0.1) is 5.82 Å². The fourth-order valence-corrected chi connectivity index (χ4v) is 5.49.